The van der Waals surface area contributed by atoms with Gasteiger partial charge in [-0.3, -0.25) is 4.79 Å². The van der Waals surface area contributed by atoms with E-state index in [0.29, 0.717) is 6.07 Å². The first kappa shape index (κ1) is 12.5. The molecule has 94 valence electrons. The van der Waals surface area contributed by atoms with Gasteiger partial charge in [-0.2, -0.15) is 11.3 Å². The number of nitrogens with two attached hydrogens (primary N) is 1. The predicted molar refractivity (Wildman–Crippen MR) is 67.4 cm³/mol. The van der Waals surface area contributed by atoms with Gasteiger partial charge in [0.05, 0.1) is 17.8 Å². The smallest absolute Gasteiger partial charge is 0.228 e. The third-order valence-corrected chi connectivity index (χ3v) is 3.04. The Kier molecular flexibility index (Phi) is 3.57. The summed E-state index contributed by atoms with van der Waals surface area (Å²) < 4.78 is 26.3. The largest absolute Gasteiger partial charge is 0.396 e. The van der Waals surface area contributed by atoms with E-state index in [2.05, 4.69) is 5.32 Å². The third-order valence-electron chi connectivity index (χ3n) is 2.31. The Bertz CT molecular complexity index is 570. The summed E-state index contributed by atoms with van der Waals surface area (Å²) in [5, 5.41) is 6.04. The minimum Gasteiger partial charge on any atom is -0.396 e. The van der Waals surface area contributed by atoms with Crippen molar-refractivity contribution in [3.63, 3.8) is 0 Å². The number of benzene rings is 1. The Labute approximate surface area is 106 Å². The molecule has 1 aromatic carbocycles. The van der Waals surface area contributed by atoms with E-state index in [1.807, 2.05) is 10.8 Å². The van der Waals surface area contributed by atoms with Crippen molar-refractivity contribution < 1.29 is 13.6 Å². The fraction of sp³-hybridized carbons (Fsp3) is 0.0833. The van der Waals surface area contributed by atoms with Crippen LogP contribution in [-0.2, 0) is 11.2 Å². The highest BCUT2D eigenvalue weighted by Gasteiger charge is 2.11. The molecule has 0 radical (unpaired) electrons. The Morgan fingerprint density at radius 2 is 2.11 bits per heavy atom. The van der Waals surface area contributed by atoms with Gasteiger partial charge < -0.3 is 11.1 Å². The SMILES string of the molecule is Nc1cc(NC(=O)Cc2ccsc2)c(F)cc1F. The molecule has 0 spiro atoms. The van der Waals surface area contributed by atoms with Gasteiger partial charge in [-0.05, 0) is 28.5 Å². The number of carbonyl (C=O) groups is 1. The summed E-state index contributed by atoms with van der Waals surface area (Å²) in [5.74, 6) is -2.07. The van der Waals surface area contributed by atoms with Crippen molar-refractivity contribution in [3.8, 4) is 0 Å². The first-order valence-corrected chi connectivity index (χ1v) is 6.06. The quantitative estimate of drug-likeness (QED) is 0.841. The molecule has 1 heterocycles. The summed E-state index contributed by atoms with van der Waals surface area (Å²) in [7, 11) is 0. The number of rotatable bonds is 3. The van der Waals surface area contributed by atoms with Gasteiger partial charge in [0.25, 0.3) is 0 Å². The van der Waals surface area contributed by atoms with Crippen molar-refractivity contribution >= 4 is 28.6 Å². The number of anilines is 2. The summed E-state index contributed by atoms with van der Waals surface area (Å²) in [6.07, 6.45) is 0.139. The summed E-state index contributed by atoms with van der Waals surface area (Å²) in [6.45, 7) is 0. The zero-order valence-corrected chi connectivity index (χ0v) is 10.1. The zero-order chi connectivity index (χ0) is 13.1. The van der Waals surface area contributed by atoms with Crippen LogP contribution in [0.1, 0.15) is 5.56 Å². The van der Waals surface area contributed by atoms with Crippen molar-refractivity contribution in [1.29, 1.82) is 0 Å². The van der Waals surface area contributed by atoms with Crippen LogP contribution < -0.4 is 11.1 Å². The third kappa shape index (κ3) is 2.84. The fourth-order valence-electron chi connectivity index (χ4n) is 1.43. The van der Waals surface area contributed by atoms with Gasteiger partial charge in [0.1, 0.15) is 11.6 Å². The number of nitrogens with one attached hydrogen (secondary N) is 1. The molecule has 2 rings (SSSR count). The molecule has 1 aromatic heterocycles. The summed E-state index contributed by atoms with van der Waals surface area (Å²) in [6, 6.07) is 3.52. The second kappa shape index (κ2) is 5.14. The molecule has 1 amide bonds. The highest BCUT2D eigenvalue weighted by atomic mass is 32.1. The molecule has 0 aliphatic heterocycles. The van der Waals surface area contributed by atoms with Crippen LogP contribution in [0.3, 0.4) is 0 Å². The van der Waals surface area contributed by atoms with E-state index < -0.39 is 11.6 Å². The number of halogens is 2. The van der Waals surface area contributed by atoms with Gasteiger partial charge in [-0.15, -0.1) is 0 Å². The molecule has 0 saturated heterocycles. The van der Waals surface area contributed by atoms with Gasteiger partial charge in [0.15, 0.2) is 0 Å². The molecule has 3 N–H and O–H groups in total. The molecule has 6 heteroatoms. The van der Waals surface area contributed by atoms with Crippen LogP contribution in [0.5, 0.6) is 0 Å². The summed E-state index contributed by atoms with van der Waals surface area (Å²) in [5.41, 5.74) is 5.83. The monoisotopic (exact) mass is 268 g/mol. The minimum absolute atomic E-state index is 0.117. The van der Waals surface area contributed by atoms with E-state index in [1.165, 1.54) is 11.3 Å². The van der Waals surface area contributed by atoms with Gasteiger partial charge in [-0.25, -0.2) is 8.78 Å². The lowest BCUT2D eigenvalue weighted by molar-refractivity contribution is -0.115. The van der Waals surface area contributed by atoms with Crippen LogP contribution in [0.25, 0.3) is 0 Å². The van der Waals surface area contributed by atoms with Crippen molar-refractivity contribution in [2.45, 2.75) is 6.42 Å². The Hall–Kier alpha value is -1.95. The molecular weight excluding hydrogens is 258 g/mol. The second-order valence-corrected chi connectivity index (χ2v) is 4.49. The first-order chi connectivity index (χ1) is 8.56. The molecule has 0 bridgehead atoms. The first-order valence-electron chi connectivity index (χ1n) is 5.11. The van der Waals surface area contributed by atoms with E-state index in [-0.39, 0.29) is 23.7 Å². The van der Waals surface area contributed by atoms with Crippen LogP contribution in [0.15, 0.2) is 29.0 Å². The molecule has 0 fully saturated rings. The number of nitrogen functional groups attached to an aromatic ring is 1. The van der Waals surface area contributed by atoms with E-state index in [9.17, 15) is 13.6 Å². The van der Waals surface area contributed by atoms with Crippen molar-refractivity contribution in [3.05, 3.63) is 46.2 Å². The molecule has 0 aliphatic rings. The Balaban J connectivity index is 2.09. The highest BCUT2D eigenvalue weighted by molar-refractivity contribution is 7.08. The maximum absolute atomic E-state index is 13.4. The van der Waals surface area contributed by atoms with Crippen LogP contribution >= 0.6 is 11.3 Å². The maximum Gasteiger partial charge on any atom is 0.228 e. The number of hydrogen-bond acceptors (Lipinski definition) is 3. The van der Waals surface area contributed by atoms with Crippen LogP contribution in [0.2, 0.25) is 0 Å². The van der Waals surface area contributed by atoms with Crippen LogP contribution in [0.4, 0.5) is 20.2 Å². The maximum atomic E-state index is 13.4. The zero-order valence-electron chi connectivity index (χ0n) is 9.24. The van der Waals surface area contributed by atoms with Crippen molar-refractivity contribution in [1.82, 2.24) is 0 Å². The molecule has 0 atom stereocenters. The molecule has 0 aliphatic carbocycles. The highest BCUT2D eigenvalue weighted by Crippen LogP contribution is 2.21. The van der Waals surface area contributed by atoms with Crippen LogP contribution in [-0.4, -0.2) is 5.91 Å². The fourth-order valence-corrected chi connectivity index (χ4v) is 2.10. The average molecular weight is 268 g/mol. The Morgan fingerprint density at radius 1 is 1.33 bits per heavy atom. The lowest BCUT2D eigenvalue weighted by Gasteiger charge is -2.07. The molecular formula is C12H10F2N2OS. The second-order valence-electron chi connectivity index (χ2n) is 3.71. The molecule has 2 aromatic rings. The van der Waals surface area contributed by atoms with E-state index in [1.54, 1.807) is 6.07 Å². The number of carbonyl (C=O) groups excluding carboxylic acids is 1. The van der Waals surface area contributed by atoms with Crippen molar-refractivity contribution in [2.24, 2.45) is 0 Å². The molecule has 0 unspecified atom stereocenters. The minimum atomic E-state index is -0.847. The topological polar surface area (TPSA) is 55.1 Å². The van der Waals surface area contributed by atoms with Gasteiger partial charge in [-0.1, -0.05) is 0 Å². The van der Waals surface area contributed by atoms with Gasteiger partial charge in [0.2, 0.25) is 5.91 Å². The molecule has 18 heavy (non-hydrogen) atoms. The van der Waals surface area contributed by atoms with Crippen molar-refractivity contribution in [2.75, 3.05) is 11.1 Å². The lowest BCUT2D eigenvalue weighted by atomic mass is 10.2. The normalized spacial score (nSPS) is 10.3. The molecule has 0 saturated carbocycles. The van der Waals surface area contributed by atoms with Gasteiger partial charge in [0, 0.05) is 6.07 Å². The number of amides is 1. The predicted octanol–water partition coefficient (Wildman–Crippen LogP) is 2.79. The van der Waals surface area contributed by atoms with Crippen LogP contribution in [0, 0.1) is 11.6 Å². The lowest BCUT2D eigenvalue weighted by Crippen LogP contribution is -2.15. The molecule has 3 nitrogen and oxygen atoms in total. The van der Waals surface area contributed by atoms with E-state index in [4.69, 9.17) is 5.73 Å². The summed E-state index contributed by atoms with van der Waals surface area (Å²) in [4.78, 5) is 11.6. The number of thiophene rings is 1. The average Bonchev–Trinajstić information content (AvgIpc) is 2.78. The number of hydrogen-bond donors (Lipinski definition) is 2. The Morgan fingerprint density at radius 3 is 2.78 bits per heavy atom. The standard InChI is InChI=1S/C12H10F2N2OS/c13-8-4-9(14)11(5-10(8)15)16-12(17)3-7-1-2-18-6-7/h1-2,4-6H,3,15H2,(H,16,17). The van der Waals surface area contributed by atoms with Gasteiger partial charge >= 0.3 is 0 Å². The summed E-state index contributed by atoms with van der Waals surface area (Å²) >= 11 is 1.47. The van der Waals surface area contributed by atoms with E-state index in [0.717, 1.165) is 11.6 Å². The van der Waals surface area contributed by atoms with E-state index >= 15 is 0 Å².